The first-order valence-electron chi connectivity index (χ1n) is 8.36. The third-order valence-electron chi connectivity index (χ3n) is 6.26. The molecular formula is C17H31NO2. The summed E-state index contributed by atoms with van der Waals surface area (Å²) in [6, 6.07) is 0. The van der Waals surface area contributed by atoms with Crippen LogP contribution in [0.1, 0.15) is 72.6 Å². The van der Waals surface area contributed by atoms with Gasteiger partial charge in [-0.25, -0.2) is 4.79 Å². The maximum absolute atomic E-state index is 11.9. The minimum atomic E-state index is -0.212. The number of rotatable bonds is 6. The normalized spacial score (nSPS) is 34.2. The van der Waals surface area contributed by atoms with Crippen LogP contribution >= 0.6 is 0 Å². The van der Waals surface area contributed by atoms with E-state index in [9.17, 15) is 4.79 Å². The second-order valence-corrected chi connectivity index (χ2v) is 7.49. The van der Waals surface area contributed by atoms with Crippen molar-refractivity contribution >= 4 is 6.09 Å². The van der Waals surface area contributed by atoms with Crippen molar-refractivity contribution in [3.05, 3.63) is 0 Å². The Morgan fingerprint density at radius 1 is 1.25 bits per heavy atom. The van der Waals surface area contributed by atoms with Gasteiger partial charge < -0.3 is 10.1 Å². The molecule has 3 nitrogen and oxygen atoms in total. The van der Waals surface area contributed by atoms with E-state index >= 15 is 0 Å². The van der Waals surface area contributed by atoms with Crippen molar-refractivity contribution in [2.45, 2.75) is 78.7 Å². The monoisotopic (exact) mass is 281 g/mol. The Kier molecular flexibility index (Phi) is 4.66. The molecule has 0 radical (unpaired) electrons. The maximum Gasteiger partial charge on any atom is 0.407 e. The van der Waals surface area contributed by atoms with Crippen molar-refractivity contribution in [3.8, 4) is 0 Å². The molecule has 2 fully saturated rings. The van der Waals surface area contributed by atoms with Gasteiger partial charge in [-0.3, -0.25) is 0 Å². The fourth-order valence-electron chi connectivity index (χ4n) is 4.22. The smallest absolute Gasteiger partial charge is 0.407 e. The number of ether oxygens (including phenoxy) is 1. The molecule has 0 saturated heterocycles. The summed E-state index contributed by atoms with van der Waals surface area (Å²) in [6.07, 6.45) is 8.14. The standard InChI is InChI=1S/C17H31NO2/c1-5-6-7-8-11-18-15(19)20-14-12-13-9-10-17(14,4)16(13,2)3/h13-14H,5-12H2,1-4H3,(H,18,19)/t13-,14+,17+/m1/s1. The molecule has 0 unspecified atom stereocenters. The van der Waals surface area contributed by atoms with Gasteiger partial charge in [0.1, 0.15) is 6.10 Å². The van der Waals surface area contributed by atoms with E-state index in [4.69, 9.17) is 4.74 Å². The molecule has 2 bridgehead atoms. The van der Waals surface area contributed by atoms with Crippen LogP contribution in [0.15, 0.2) is 0 Å². The molecule has 0 spiro atoms. The highest BCUT2D eigenvalue weighted by atomic mass is 16.6. The molecule has 0 heterocycles. The third kappa shape index (κ3) is 2.68. The van der Waals surface area contributed by atoms with E-state index < -0.39 is 0 Å². The number of hydrogen-bond donors (Lipinski definition) is 1. The van der Waals surface area contributed by atoms with Crippen LogP contribution in [0.5, 0.6) is 0 Å². The molecule has 0 aromatic rings. The summed E-state index contributed by atoms with van der Waals surface area (Å²) in [5.41, 5.74) is 0.469. The lowest BCUT2D eigenvalue weighted by atomic mass is 9.70. The first kappa shape index (κ1) is 15.7. The van der Waals surface area contributed by atoms with Gasteiger partial charge in [-0.05, 0) is 37.0 Å². The van der Waals surface area contributed by atoms with E-state index in [1.807, 2.05) is 0 Å². The minimum Gasteiger partial charge on any atom is -0.446 e. The SMILES string of the molecule is CCCCCCNC(=O)O[C@H]1C[C@H]2CC[C@]1(C)C2(C)C. The van der Waals surface area contributed by atoms with Gasteiger partial charge in [-0.1, -0.05) is 47.0 Å². The van der Waals surface area contributed by atoms with Gasteiger partial charge in [0.05, 0.1) is 0 Å². The zero-order valence-corrected chi connectivity index (χ0v) is 13.6. The van der Waals surface area contributed by atoms with Crippen molar-refractivity contribution in [3.63, 3.8) is 0 Å². The second kappa shape index (κ2) is 5.95. The molecule has 3 heteroatoms. The number of carbonyl (C=O) groups is 1. The highest BCUT2D eigenvalue weighted by Crippen LogP contribution is 2.66. The van der Waals surface area contributed by atoms with E-state index in [2.05, 4.69) is 33.0 Å². The Morgan fingerprint density at radius 2 is 2.00 bits per heavy atom. The largest absolute Gasteiger partial charge is 0.446 e. The highest BCUT2D eigenvalue weighted by Gasteiger charge is 2.62. The summed E-state index contributed by atoms with van der Waals surface area (Å²) >= 11 is 0. The summed E-state index contributed by atoms with van der Waals surface area (Å²) in [6.45, 7) is 9.93. The molecule has 1 N–H and O–H groups in total. The minimum absolute atomic E-state index is 0.104. The van der Waals surface area contributed by atoms with Crippen LogP contribution in [0.3, 0.4) is 0 Å². The maximum atomic E-state index is 11.9. The zero-order valence-electron chi connectivity index (χ0n) is 13.6. The van der Waals surface area contributed by atoms with Crippen molar-refractivity contribution in [1.82, 2.24) is 5.32 Å². The summed E-state index contributed by atoms with van der Waals surface area (Å²) in [4.78, 5) is 11.9. The molecule has 0 aromatic carbocycles. The average molecular weight is 281 g/mol. The summed E-state index contributed by atoms with van der Waals surface area (Å²) in [5.74, 6) is 0.717. The quantitative estimate of drug-likeness (QED) is 0.728. The number of nitrogens with one attached hydrogen (secondary N) is 1. The topological polar surface area (TPSA) is 38.3 Å². The highest BCUT2D eigenvalue weighted by molar-refractivity contribution is 5.67. The molecule has 2 saturated carbocycles. The lowest BCUT2D eigenvalue weighted by molar-refractivity contribution is -0.00415. The Balaban J connectivity index is 1.76. The van der Waals surface area contributed by atoms with Gasteiger partial charge in [0.15, 0.2) is 0 Å². The van der Waals surface area contributed by atoms with Crippen molar-refractivity contribution in [1.29, 1.82) is 0 Å². The summed E-state index contributed by atoms with van der Waals surface area (Å²) in [7, 11) is 0. The molecular weight excluding hydrogens is 250 g/mol. The predicted molar refractivity (Wildman–Crippen MR) is 81.6 cm³/mol. The molecule has 1 amide bonds. The number of alkyl carbamates (subject to hydrolysis) is 1. The Hall–Kier alpha value is -0.730. The number of hydrogen-bond acceptors (Lipinski definition) is 2. The average Bonchev–Trinajstić information content (AvgIpc) is 2.71. The van der Waals surface area contributed by atoms with E-state index in [1.54, 1.807) is 0 Å². The van der Waals surface area contributed by atoms with E-state index in [0.29, 0.717) is 5.41 Å². The van der Waals surface area contributed by atoms with E-state index in [1.165, 1.54) is 32.1 Å². The molecule has 2 rings (SSSR count). The van der Waals surface area contributed by atoms with E-state index in [-0.39, 0.29) is 17.6 Å². The van der Waals surface area contributed by atoms with Gasteiger partial charge in [0.2, 0.25) is 0 Å². The van der Waals surface area contributed by atoms with Gasteiger partial charge in [0, 0.05) is 12.0 Å². The zero-order chi connectivity index (χ0) is 14.8. The Labute approximate surface area is 123 Å². The second-order valence-electron chi connectivity index (χ2n) is 7.49. The van der Waals surface area contributed by atoms with Crippen LogP contribution in [-0.2, 0) is 4.74 Å². The molecule has 3 atom stereocenters. The first-order valence-corrected chi connectivity index (χ1v) is 8.36. The number of fused-ring (bicyclic) bond motifs is 2. The molecule has 0 aliphatic heterocycles. The molecule has 0 aromatic heterocycles. The first-order chi connectivity index (χ1) is 9.41. The molecule has 116 valence electrons. The molecule has 2 aliphatic carbocycles. The van der Waals surface area contributed by atoms with Crippen LogP contribution < -0.4 is 5.32 Å². The predicted octanol–water partition coefficient (Wildman–Crippen LogP) is 4.51. The fourth-order valence-corrected chi connectivity index (χ4v) is 4.22. The van der Waals surface area contributed by atoms with Crippen LogP contribution in [0.2, 0.25) is 0 Å². The summed E-state index contributed by atoms with van der Waals surface area (Å²) < 4.78 is 5.74. The van der Waals surface area contributed by atoms with Gasteiger partial charge in [-0.15, -0.1) is 0 Å². The van der Waals surface area contributed by atoms with Gasteiger partial charge in [0.25, 0.3) is 0 Å². The van der Waals surface area contributed by atoms with Crippen LogP contribution in [0.4, 0.5) is 4.79 Å². The number of unbranched alkanes of at least 4 members (excludes halogenated alkanes) is 3. The lowest BCUT2D eigenvalue weighted by Crippen LogP contribution is -2.40. The fraction of sp³-hybridized carbons (Fsp3) is 0.941. The molecule has 2 aliphatic rings. The Bertz CT molecular complexity index is 353. The Morgan fingerprint density at radius 3 is 2.55 bits per heavy atom. The van der Waals surface area contributed by atoms with Crippen LogP contribution in [0, 0.1) is 16.7 Å². The number of amides is 1. The van der Waals surface area contributed by atoms with Gasteiger partial charge >= 0.3 is 6.09 Å². The van der Waals surface area contributed by atoms with Gasteiger partial charge in [-0.2, -0.15) is 0 Å². The van der Waals surface area contributed by atoms with Crippen molar-refractivity contribution in [2.24, 2.45) is 16.7 Å². The van der Waals surface area contributed by atoms with E-state index in [0.717, 1.165) is 25.3 Å². The lowest BCUT2D eigenvalue weighted by Gasteiger charge is -2.38. The van der Waals surface area contributed by atoms with Crippen molar-refractivity contribution < 1.29 is 9.53 Å². The third-order valence-corrected chi connectivity index (χ3v) is 6.26. The van der Waals surface area contributed by atoms with Crippen LogP contribution in [0.25, 0.3) is 0 Å². The van der Waals surface area contributed by atoms with Crippen molar-refractivity contribution in [2.75, 3.05) is 6.54 Å². The summed E-state index contributed by atoms with van der Waals surface area (Å²) in [5, 5.41) is 2.91. The number of carbonyl (C=O) groups excluding carboxylic acids is 1. The molecule has 20 heavy (non-hydrogen) atoms. The van der Waals surface area contributed by atoms with Crippen LogP contribution in [-0.4, -0.2) is 18.7 Å².